The van der Waals surface area contributed by atoms with E-state index >= 15 is 0 Å². The van der Waals surface area contributed by atoms with Crippen molar-refractivity contribution in [3.05, 3.63) is 0 Å². The Balaban J connectivity index is 0. The fourth-order valence-corrected chi connectivity index (χ4v) is 4.36. The Morgan fingerprint density at radius 2 is 1.07 bits per heavy atom. The fraction of sp³-hybridized carbons (Fsp3) is 1.00. The van der Waals surface area contributed by atoms with Crippen LogP contribution < -0.4 is 51.4 Å². The predicted octanol–water partition coefficient (Wildman–Crippen LogP) is 2.94. The SMILES string of the molecule is CCCCCCCCCCC(O)CCCCCCCC(CC)S(=O)(=O)[O-].[K+]. The quantitative estimate of drug-likeness (QED) is 0.194. The Bertz CT molecular complexity index is 401. The summed E-state index contributed by atoms with van der Waals surface area (Å²) in [7, 11) is -4.13. The number of aliphatic hydroxyl groups is 1. The van der Waals surface area contributed by atoms with Crippen LogP contribution in [-0.4, -0.2) is 29.4 Å². The number of aliphatic hydroxyl groups excluding tert-OH is 1. The van der Waals surface area contributed by atoms with Gasteiger partial charge >= 0.3 is 51.4 Å². The third kappa shape index (κ3) is 20.6. The Hall–Kier alpha value is 1.51. The Morgan fingerprint density at radius 3 is 1.44 bits per heavy atom. The van der Waals surface area contributed by atoms with E-state index < -0.39 is 15.4 Å². The van der Waals surface area contributed by atoms with Crippen LogP contribution in [0.25, 0.3) is 0 Å². The van der Waals surface area contributed by atoms with Gasteiger partial charge in [-0.3, -0.25) is 0 Å². The molecular weight excluding hydrogens is 387 g/mol. The standard InChI is InChI=1S/C21H44O4S.K/c1-3-5-6-7-8-9-11-14-17-20(22)18-15-12-10-13-16-19-21(4-2)26(23,24)25;/h20-22H,3-19H2,1-2H3,(H,23,24,25);/q;+1/p-1. The molecule has 0 radical (unpaired) electrons. The summed E-state index contributed by atoms with van der Waals surface area (Å²) in [6, 6.07) is 0. The van der Waals surface area contributed by atoms with Crippen molar-refractivity contribution in [3.63, 3.8) is 0 Å². The second kappa shape index (κ2) is 20.8. The molecule has 2 unspecified atom stereocenters. The zero-order chi connectivity index (χ0) is 19.7. The van der Waals surface area contributed by atoms with Gasteiger partial charge in [-0.15, -0.1) is 0 Å². The molecule has 0 bridgehead atoms. The first-order valence-electron chi connectivity index (χ1n) is 11.0. The van der Waals surface area contributed by atoms with Crippen molar-refractivity contribution in [2.45, 2.75) is 134 Å². The summed E-state index contributed by atoms with van der Waals surface area (Å²) in [5, 5.41) is 9.31. The van der Waals surface area contributed by atoms with Crippen LogP contribution >= 0.6 is 0 Å². The molecule has 6 heteroatoms. The van der Waals surface area contributed by atoms with Crippen LogP contribution in [0.4, 0.5) is 0 Å². The van der Waals surface area contributed by atoms with Crippen LogP contribution in [0, 0.1) is 0 Å². The van der Waals surface area contributed by atoms with E-state index in [2.05, 4.69) is 6.92 Å². The van der Waals surface area contributed by atoms with E-state index in [1.54, 1.807) is 6.92 Å². The molecule has 0 fully saturated rings. The minimum absolute atomic E-state index is 0. The largest absolute Gasteiger partial charge is 1.00 e. The third-order valence-corrected chi connectivity index (χ3v) is 6.70. The van der Waals surface area contributed by atoms with E-state index in [0.29, 0.717) is 12.8 Å². The molecule has 0 aliphatic carbocycles. The third-order valence-electron chi connectivity index (χ3n) is 5.32. The van der Waals surface area contributed by atoms with E-state index in [4.69, 9.17) is 0 Å². The maximum Gasteiger partial charge on any atom is 1.00 e. The van der Waals surface area contributed by atoms with Crippen molar-refractivity contribution in [1.82, 2.24) is 0 Å². The molecule has 0 saturated carbocycles. The van der Waals surface area contributed by atoms with Gasteiger partial charge in [0.15, 0.2) is 0 Å². The molecule has 0 aliphatic rings. The van der Waals surface area contributed by atoms with Gasteiger partial charge in [0.2, 0.25) is 0 Å². The maximum atomic E-state index is 11.0. The van der Waals surface area contributed by atoms with Crippen LogP contribution in [0.5, 0.6) is 0 Å². The molecule has 0 heterocycles. The normalized spacial score (nSPS) is 13.9. The second-order valence-corrected chi connectivity index (χ2v) is 9.44. The molecule has 0 aliphatic heterocycles. The Labute approximate surface area is 211 Å². The van der Waals surface area contributed by atoms with E-state index in [1.165, 1.54) is 44.9 Å². The predicted molar refractivity (Wildman–Crippen MR) is 109 cm³/mol. The number of unbranched alkanes of at least 4 members (excludes halogenated alkanes) is 11. The first-order valence-corrected chi connectivity index (χ1v) is 12.5. The smallest absolute Gasteiger partial charge is 0.748 e. The first-order chi connectivity index (χ1) is 12.4. The summed E-state index contributed by atoms with van der Waals surface area (Å²) in [4.78, 5) is 0. The van der Waals surface area contributed by atoms with E-state index in [1.807, 2.05) is 0 Å². The molecule has 158 valence electrons. The molecule has 0 aromatic heterocycles. The van der Waals surface area contributed by atoms with Gasteiger partial charge in [0.05, 0.1) is 16.2 Å². The average molecular weight is 431 g/mol. The van der Waals surface area contributed by atoms with Crippen LogP contribution in [0.3, 0.4) is 0 Å². The molecule has 1 N–H and O–H groups in total. The molecular formula is C21H43KO4S. The molecule has 4 nitrogen and oxygen atoms in total. The Kier molecular flexibility index (Phi) is 23.6. The average Bonchev–Trinajstić information content (AvgIpc) is 2.58. The Morgan fingerprint density at radius 1 is 0.704 bits per heavy atom. The maximum absolute atomic E-state index is 11.0. The summed E-state index contributed by atoms with van der Waals surface area (Å²) < 4.78 is 33.0. The summed E-state index contributed by atoms with van der Waals surface area (Å²) in [6.45, 7) is 4.00. The molecule has 0 spiro atoms. The molecule has 0 rings (SSSR count). The molecule has 0 aromatic carbocycles. The van der Waals surface area contributed by atoms with Crippen LogP contribution in [-0.2, 0) is 10.1 Å². The van der Waals surface area contributed by atoms with E-state index in [9.17, 15) is 18.1 Å². The molecule has 0 amide bonds. The van der Waals surface area contributed by atoms with Gasteiger partial charge < -0.3 is 9.66 Å². The summed E-state index contributed by atoms with van der Waals surface area (Å²) in [6.07, 6.45) is 17.9. The molecule has 0 saturated heterocycles. The van der Waals surface area contributed by atoms with Gasteiger partial charge in [0, 0.05) is 5.25 Å². The van der Waals surface area contributed by atoms with Crippen molar-refractivity contribution in [2.24, 2.45) is 0 Å². The van der Waals surface area contributed by atoms with Gasteiger partial charge in [-0.1, -0.05) is 97.3 Å². The van der Waals surface area contributed by atoms with Crippen molar-refractivity contribution in [1.29, 1.82) is 0 Å². The van der Waals surface area contributed by atoms with Crippen molar-refractivity contribution in [2.75, 3.05) is 0 Å². The van der Waals surface area contributed by atoms with Crippen LogP contribution in [0.1, 0.15) is 123 Å². The van der Waals surface area contributed by atoms with Gasteiger partial charge in [-0.2, -0.15) is 0 Å². The van der Waals surface area contributed by atoms with Gasteiger partial charge in [-0.05, 0) is 25.7 Å². The van der Waals surface area contributed by atoms with E-state index in [0.717, 1.165) is 51.4 Å². The molecule has 2 atom stereocenters. The van der Waals surface area contributed by atoms with Crippen molar-refractivity contribution >= 4 is 10.1 Å². The first kappa shape index (κ1) is 30.7. The summed E-state index contributed by atoms with van der Waals surface area (Å²) in [5.41, 5.74) is 0. The number of rotatable bonds is 19. The zero-order valence-corrected chi connectivity index (χ0v) is 22.2. The fourth-order valence-electron chi connectivity index (χ4n) is 3.49. The monoisotopic (exact) mass is 430 g/mol. The van der Waals surface area contributed by atoms with E-state index in [-0.39, 0.29) is 57.5 Å². The molecule has 27 heavy (non-hydrogen) atoms. The van der Waals surface area contributed by atoms with Gasteiger partial charge in [-0.25, -0.2) is 8.42 Å². The van der Waals surface area contributed by atoms with Crippen LogP contribution in [0.2, 0.25) is 0 Å². The zero-order valence-electron chi connectivity index (χ0n) is 18.3. The summed E-state index contributed by atoms with van der Waals surface area (Å²) in [5.74, 6) is 0. The second-order valence-electron chi connectivity index (χ2n) is 7.79. The molecule has 0 aromatic rings. The topological polar surface area (TPSA) is 77.4 Å². The minimum Gasteiger partial charge on any atom is -0.748 e. The number of hydrogen-bond acceptors (Lipinski definition) is 4. The minimum atomic E-state index is -4.13. The number of hydrogen-bond donors (Lipinski definition) is 1. The summed E-state index contributed by atoms with van der Waals surface area (Å²) >= 11 is 0. The van der Waals surface area contributed by atoms with Crippen molar-refractivity contribution in [3.8, 4) is 0 Å². The van der Waals surface area contributed by atoms with Gasteiger partial charge in [0.25, 0.3) is 0 Å². The van der Waals surface area contributed by atoms with Gasteiger partial charge in [0.1, 0.15) is 0 Å². The van der Waals surface area contributed by atoms with Crippen LogP contribution in [0.15, 0.2) is 0 Å². The van der Waals surface area contributed by atoms with Crippen molar-refractivity contribution < 1.29 is 69.5 Å².